The second-order valence-electron chi connectivity index (χ2n) is 10.0. The minimum absolute atomic E-state index is 0. The predicted octanol–water partition coefficient (Wildman–Crippen LogP) is 3.51. The van der Waals surface area contributed by atoms with Crippen molar-refractivity contribution in [3.63, 3.8) is 0 Å². The summed E-state index contributed by atoms with van der Waals surface area (Å²) < 4.78 is 20.5. The summed E-state index contributed by atoms with van der Waals surface area (Å²) in [5.41, 5.74) is 1.64. The molecule has 1 aromatic carbocycles. The van der Waals surface area contributed by atoms with E-state index in [4.69, 9.17) is 4.74 Å². The second-order valence-corrected chi connectivity index (χ2v) is 11.1. The maximum atomic E-state index is 15.2. The number of hydrogen-bond acceptors (Lipinski definition) is 7. The number of nitrogens with zero attached hydrogens (tertiary/aromatic N) is 2. The van der Waals surface area contributed by atoms with Crippen LogP contribution in [0.4, 0.5) is 9.18 Å². The fourth-order valence-electron chi connectivity index (χ4n) is 5.11. The van der Waals surface area contributed by atoms with Crippen molar-refractivity contribution in [2.45, 2.75) is 77.1 Å². The molecule has 12 heteroatoms. The number of carbonyl (C=O) groups excluding carboxylic acids is 4. The van der Waals surface area contributed by atoms with Crippen molar-refractivity contribution in [3.8, 4) is 0 Å². The van der Waals surface area contributed by atoms with E-state index in [0.717, 1.165) is 30.0 Å². The Hall–Kier alpha value is -3.05. The molecule has 2 aliphatic heterocycles. The molecule has 4 amide bonds. The monoisotopic (exact) mass is 550 g/mol. The van der Waals surface area contributed by atoms with E-state index in [2.05, 4.69) is 29.5 Å². The maximum Gasteiger partial charge on any atom is 0.407 e. The van der Waals surface area contributed by atoms with Crippen LogP contribution in [0.2, 0.25) is 0 Å². The minimum Gasteiger partial charge on any atom is -0.442 e. The lowest BCUT2D eigenvalue weighted by Crippen LogP contribution is -2.52. The number of thiazole rings is 1. The molecule has 0 saturated carbocycles. The summed E-state index contributed by atoms with van der Waals surface area (Å²) in [6, 6.07) is 2.31. The Morgan fingerprint density at radius 1 is 1.30 bits per heavy atom. The lowest BCUT2D eigenvalue weighted by atomic mass is 9.80. The molecular weight excluding hydrogens is 523 g/mol. The van der Waals surface area contributed by atoms with Crippen LogP contribution in [-0.2, 0) is 45.9 Å². The smallest absolute Gasteiger partial charge is 0.407 e. The number of imide groups is 1. The Morgan fingerprint density at radius 2 is 2.08 bits per heavy atom. The molecule has 0 bridgehead atoms. The zero-order chi connectivity index (χ0) is 25.6. The third-order valence-electron chi connectivity index (χ3n) is 7.03. The van der Waals surface area contributed by atoms with Crippen LogP contribution in [0, 0.1) is 5.82 Å². The van der Waals surface area contributed by atoms with Gasteiger partial charge in [-0.3, -0.25) is 19.7 Å². The molecular formula is C25H28ClFN4O5S. The average molecular weight is 551 g/mol. The second kappa shape index (κ2) is 10.4. The molecule has 198 valence electrons. The van der Waals surface area contributed by atoms with Crippen molar-refractivity contribution >= 4 is 47.6 Å². The average Bonchev–Trinajstić information content (AvgIpc) is 3.39. The van der Waals surface area contributed by atoms with Crippen molar-refractivity contribution < 1.29 is 28.3 Å². The molecule has 1 aromatic heterocycles. The van der Waals surface area contributed by atoms with Crippen LogP contribution < -0.4 is 10.6 Å². The van der Waals surface area contributed by atoms with E-state index in [0.29, 0.717) is 5.56 Å². The summed E-state index contributed by atoms with van der Waals surface area (Å²) in [6.07, 6.45) is 2.73. The van der Waals surface area contributed by atoms with Gasteiger partial charge in [0.15, 0.2) is 0 Å². The molecule has 1 fully saturated rings. The van der Waals surface area contributed by atoms with Crippen LogP contribution in [0.5, 0.6) is 0 Å². The summed E-state index contributed by atoms with van der Waals surface area (Å²) in [5.74, 6) is -2.27. The number of amides is 4. The van der Waals surface area contributed by atoms with Gasteiger partial charge in [0.2, 0.25) is 11.8 Å². The first-order valence-electron chi connectivity index (χ1n) is 12.0. The van der Waals surface area contributed by atoms with Crippen LogP contribution in [-0.4, -0.2) is 39.7 Å². The molecule has 5 rings (SSSR count). The van der Waals surface area contributed by atoms with Gasteiger partial charge in [-0.1, -0.05) is 26.0 Å². The number of alkyl carbamates (subject to hydrolysis) is 1. The Labute approximate surface area is 223 Å². The molecule has 3 aliphatic rings. The first-order chi connectivity index (χ1) is 17.1. The molecule has 0 spiro atoms. The van der Waals surface area contributed by atoms with Crippen LogP contribution in [0.1, 0.15) is 76.6 Å². The van der Waals surface area contributed by atoms with Crippen molar-refractivity contribution in [2.24, 2.45) is 0 Å². The number of carbonyl (C=O) groups is 4. The molecule has 3 heterocycles. The van der Waals surface area contributed by atoms with Gasteiger partial charge in [0.05, 0.1) is 11.3 Å². The Bertz CT molecular complexity index is 1280. The lowest BCUT2D eigenvalue weighted by molar-refractivity contribution is -0.136. The topological polar surface area (TPSA) is 118 Å². The summed E-state index contributed by atoms with van der Waals surface area (Å²) in [6.45, 7) is 4.35. The molecule has 1 aliphatic carbocycles. The van der Waals surface area contributed by atoms with Gasteiger partial charge in [0.1, 0.15) is 23.5 Å². The first-order valence-corrected chi connectivity index (χ1v) is 12.8. The third-order valence-corrected chi connectivity index (χ3v) is 8.47. The Kier molecular flexibility index (Phi) is 7.57. The first kappa shape index (κ1) is 27.0. The normalized spacial score (nSPS) is 20.0. The van der Waals surface area contributed by atoms with Gasteiger partial charge in [0, 0.05) is 35.4 Å². The summed E-state index contributed by atoms with van der Waals surface area (Å²) in [7, 11) is 0. The summed E-state index contributed by atoms with van der Waals surface area (Å²) in [5, 5.41) is 5.48. The standard InChI is InChI=1S/C25H27FN4O5S.ClH/c1-25(2)9-3-4-15-21(25)36-18(28-15)12-35-24(34)27-10-13-5-6-14-11-30(23(33)19(14)20(13)26)16-7-8-17(31)29-22(16)32;/h5-6,16H,3-4,7-12H2,1-2H3,(H,27,34)(H,29,31,32);1H. The van der Waals surface area contributed by atoms with Gasteiger partial charge >= 0.3 is 6.09 Å². The zero-order valence-corrected chi connectivity index (χ0v) is 22.2. The summed E-state index contributed by atoms with van der Waals surface area (Å²) >= 11 is 1.56. The van der Waals surface area contributed by atoms with E-state index in [1.54, 1.807) is 17.4 Å². The van der Waals surface area contributed by atoms with E-state index < -0.39 is 29.8 Å². The fraction of sp³-hybridized carbons (Fsp3) is 0.480. The highest BCUT2D eigenvalue weighted by molar-refractivity contribution is 7.11. The van der Waals surface area contributed by atoms with Crippen molar-refractivity contribution in [3.05, 3.63) is 50.2 Å². The largest absolute Gasteiger partial charge is 0.442 e. The van der Waals surface area contributed by atoms with Gasteiger partial charge < -0.3 is 15.0 Å². The fourth-order valence-corrected chi connectivity index (χ4v) is 6.26. The highest BCUT2D eigenvalue weighted by atomic mass is 35.5. The molecule has 1 atom stereocenters. The van der Waals surface area contributed by atoms with Crippen LogP contribution in [0.15, 0.2) is 12.1 Å². The molecule has 1 unspecified atom stereocenters. The van der Waals surface area contributed by atoms with Gasteiger partial charge in [-0.25, -0.2) is 14.2 Å². The minimum atomic E-state index is -0.819. The van der Waals surface area contributed by atoms with Crippen LogP contribution in [0.3, 0.4) is 0 Å². The quantitative estimate of drug-likeness (QED) is 0.550. The van der Waals surface area contributed by atoms with E-state index in [9.17, 15) is 19.2 Å². The Morgan fingerprint density at radius 3 is 2.81 bits per heavy atom. The van der Waals surface area contributed by atoms with Crippen molar-refractivity contribution in [2.75, 3.05) is 0 Å². The third kappa shape index (κ3) is 5.19. The van der Waals surface area contributed by atoms with Gasteiger partial charge in [-0.15, -0.1) is 23.7 Å². The number of halogens is 2. The highest BCUT2D eigenvalue weighted by Crippen LogP contribution is 2.40. The number of hydrogen-bond donors (Lipinski definition) is 2. The van der Waals surface area contributed by atoms with Crippen molar-refractivity contribution in [1.29, 1.82) is 0 Å². The van der Waals surface area contributed by atoms with Crippen LogP contribution >= 0.6 is 23.7 Å². The maximum absolute atomic E-state index is 15.2. The van der Waals surface area contributed by atoms with E-state index >= 15 is 4.39 Å². The van der Waals surface area contributed by atoms with Crippen LogP contribution in [0.25, 0.3) is 0 Å². The SMILES string of the molecule is CC1(C)CCCc2nc(COC(=O)NCc3ccc4c(c3F)C(=O)N(C3CCC(=O)NC3=O)C4)sc21.Cl. The number of aromatic nitrogens is 1. The zero-order valence-electron chi connectivity index (χ0n) is 20.5. The number of rotatable bonds is 5. The van der Waals surface area contributed by atoms with Gasteiger partial charge in [-0.2, -0.15) is 0 Å². The number of ether oxygens (including phenoxy) is 1. The number of fused-ring (bicyclic) bond motifs is 2. The number of benzene rings is 1. The molecule has 2 aromatic rings. The molecule has 1 saturated heterocycles. The lowest BCUT2D eigenvalue weighted by Gasteiger charge is -2.29. The number of aryl methyl sites for hydroxylation is 1. The van der Waals surface area contributed by atoms with E-state index in [1.165, 1.54) is 15.8 Å². The molecule has 2 N–H and O–H groups in total. The molecule has 0 radical (unpaired) electrons. The van der Waals surface area contributed by atoms with Gasteiger partial charge in [0.25, 0.3) is 5.91 Å². The van der Waals surface area contributed by atoms with Crippen molar-refractivity contribution in [1.82, 2.24) is 20.5 Å². The summed E-state index contributed by atoms with van der Waals surface area (Å²) in [4.78, 5) is 55.9. The molecule has 9 nitrogen and oxygen atoms in total. The number of piperidine rings is 1. The van der Waals surface area contributed by atoms with E-state index in [1.807, 2.05) is 0 Å². The highest BCUT2D eigenvalue weighted by Gasteiger charge is 2.41. The van der Waals surface area contributed by atoms with Gasteiger partial charge in [-0.05, 0) is 31.2 Å². The molecule has 37 heavy (non-hydrogen) atoms. The predicted molar refractivity (Wildman–Crippen MR) is 135 cm³/mol. The number of nitrogens with one attached hydrogen (secondary N) is 2. The van der Waals surface area contributed by atoms with E-state index in [-0.39, 0.29) is 67.4 Å². The Balaban J connectivity index is 0.00000320.